The highest BCUT2D eigenvalue weighted by Crippen LogP contribution is 2.39. The number of carbonyl (C=O) groups excluding carboxylic acids is 2. The van der Waals surface area contributed by atoms with Crippen molar-refractivity contribution in [2.24, 2.45) is 5.92 Å². The first-order valence-electron chi connectivity index (χ1n) is 10.8. The van der Waals surface area contributed by atoms with Crippen molar-refractivity contribution >= 4 is 23.2 Å². The van der Waals surface area contributed by atoms with Gasteiger partial charge in [0, 0.05) is 23.9 Å². The smallest absolute Gasteiger partial charge is 0.242 e. The van der Waals surface area contributed by atoms with Crippen molar-refractivity contribution < 1.29 is 9.59 Å². The molecule has 29 heavy (non-hydrogen) atoms. The van der Waals surface area contributed by atoms with Crippen molar-refractivity contribution in [3.05, 3.63) is 57.3 Å². The fraction of sp³-hybridized carbons (Fsp3) is 0.500. The van der Waals surface area contributed by atoms with E-state index in [0.29, 0.717) is 13.1 Å². The fourth-order valence-corrected chi connectivity index (χ4v) is 5.75. The van der Waals surface area contributed by atoms with Crippen molar-refractivity contribution in [1.82, 2.24) is 9.80 Å². The average Bonchev–Trinajstić information content (AvgIpc) is 3.43. The normalized spacial score (nSPS) is 19.2. The molecule has 1 atom stereocenters. The van der Waals surface area contributed by atoms with Crippen LogP contribution in [0.15, 0.2) is 35.7 Å². The van der Waals surface area contributed by atoms with E-state index in [9.17, 15) is 9.59 Å². The van der Waals surface area contributed by atoms with Crippen LogP contribution in [0.1, 0.15) is 60.2 Å². The largest absolute Gasteiger partial charge is 0.333 e. The first kappa shape index (κ1) is 20.1. The minimum absolute atomic E-state index is 0.0565. The van der Waals surface area contributed by atoms with Gasteiger partial charge < -0.3 is 9.80 Å². The van der Waals surface area contributed by atoms with Crippen LogP contribution in [-0.4, -0.2) is 41.2 Å². The van der Waals surface area contributed by atoms with Crippen LogP contribution in [0.3, 0.4) is 0 Å². The van der Waals surface area contributed by atoms with Gasteiger partial charge in [-0.15, -0.1) is 11.3 Å². The van der Waals surface area contributed by atoms with Crippen LogP contribution in [0.2, 0.25) is 0 Å². The van der Waals surface area contributed by atoms with Crippen molar-refractivity contribution in [2.45, 2.75) is 52.0 Å². The Morgan fingerprint density at radius 3 is 2.62 bits per heavy atom. The van der Waals surface area contributed by atoms with Gasteiger partial charge in [0.05, 0.1) is 12.6 Å². The van der Waals surface area contributed by atoms with Gasteiger partial charge in [0.25, 0.3) is 0 Å². The lowest BCUT2D eigenvalue weighted by atomic mass is 9.90. The van der Waals surface area contributed by atoms with E-state index in [-0.39, 0.29) is 30.3 Å². The Bertz CT molecular complexity index is 885. The van der Waals surface area contributed by atoms with Crippen LogP contribution in [0.5, 0.6) is 0 Å². The van der Waals surface area contributed by atoms with Crippen LogP contribution in [0, 0.1) is 12.8 Å². The molecule has 1 aromatic carbocycles. The molecule has 0 bridgehead atoms. The number of nitrogens with zero attached hydrogens (tertiary/aromatic N) is 2. The van der Waals surface area contributed by atoms with Crippen LogP contribution >= 0.6 is 11.3 Å². The quantitative estimate of drug-likeness (QED) is 0.724. The van der Waals surface area contributed by atoms with Crippen LogP contribution < -0.4 is 0 Å². The van der Waals surface area contributed by atoms with E-state index >= 15 is 0 Å². The summed E-state index contributed by atoms with van der Waals surface area (Å²) in [5, 5.41) is 2.13. The molecule has 0 unspecified atom stereocenters. The highest BCUT2D eigenvalue weighted by Gasteiger charge is 2.35. The zero-order valence-corrected chi connectivity index (χ0v) is 18.2. The zero-order chi connectivity index (χ0) is 20.4. The Morgan fingerprint density at radius 2 is 1.90 bits per heavy atom. The maximum Gasteiger partial charge on any atom is 0.242 e. The molecule has 4 nitrogen and oxygen atoms in total. The molecule has 0 saturated heterocycles. The third-order valence-corrected chi connectivity index (χ3v) is 7.49. The topological polar surface area (TPSA) is 40.6 Å². The summed E-state index contributed by atoms with van der Waals surface area (Å²) < 4.78 is 0. The van der Waals surface area contributed by atoms with Crippen LogP contribution in [-0.2, 0) is 16.0 Å². The van der Waals surface area contributed by atoms with Crippen LogP contribution in [0.25, 0.3) is 0 Å². The molecular weight excluding hydrogens is 380 g/mol. The third-order valence-electron chi connectivity index (χ3n) is 6.49. The molecule has 2 aliphatic rings. The molecule has 0 spiro atoms. The molecule has 1 aliphatic carbocycles. The lowest BCUT2D eigenvalue weighted by Gasteiger charge is -2.38. The van der Waals surface area contributed by atoms with Crippen molar-refractivity contribution in [2.75, 3.05) is 19.6 Å². The summed E-state index contributed by atoms with van der Waals surface area (Å²) in [6.07, 6.45) is 5.09. The number of carbonyl (C=O) groups is 2. The molecule has 2 heterocycles. The summed E-state index contributed by atoms with van der Waals surface area (Å²) in [6.45, 7) is 5.58. The van der Waals surface area contributed by atoms with Crippen molar-refractivity contribution in [3.63, 3.8) is 0 Å². The molecule has 4 rings (SSSR count). The Labute approximate surface area is 177 Å². The maximum atomic E-state index is 13.4. The molecule has 1 aromatic heterocycles. The van der Waals surface area contributed by atoms with E-state index in [1.807, 2.05) is 24.0 Å². The standard InChI is InChI=1S/C24H30N2O2S/c1-3-25(24(28)18-9-5-6-10-18)16-22(27)26-14-12-21-20(13-15-29-21)23(26)19-11-7-4-8-17(19)2/h4,7-8,11,13,15,18,23H,3,5-6,9-10,12,14,16H2,1-2H3/t23-/m0/s1. The minimum Gasteiger partial charge on any atom is -0.333 e. The number of likely N-dealkylation sites (N-methyl/N-ethyl adjacent to an activating group) is 1. The molecule has 0 N–H and O–H groups in total. The summed E-state index contributed by atoms with van der Waals surface area (Å²) in [5.41, 5.74) is 3.63. The van der Waals surface area contributed by atoms with Gasteiger partial charge in [0.15, 0.2) is 0 Å². The highest BCUT2D eigenvalue weighted by molar-refractivity contribution is 7.10. The Morgan fingerprint density at radius 1 is 1.14 bits per heavy atom. The highest BCUT2D eigenvalue weighted by atomic mass is 32.1. The number of thiophene rings is 1. The van der Waals surface area contributed by atoms with E-state index < -0.39 is 0 Å². The van der Waals surface area contributed by atoms with Crippen molar-refractivity contribution in [1.29, 1.82) is 0 Å². The number of hydrogen-bond acceptors (Lipinski definition) is 3. The molecule has 1 saturated carbocycles. The van der Waals surface area contributed by atoms with Gasteiger partial charge in [-0.1, -0.05) is 37.1 Å². The van der Waals surface area contributed by atoms with Gasteiger partial charge in [0.1, 0.15) is 0 Å². The van der Waals surface area contributed by atoms with Gasteiger partial charge >= 0.3 is 0 Å². The zero-order valence-electron chi connectivity index (χ0n) is 17.4. The van der Waals surface area contributed by atoms with Gasteiger partial charge in [-0.3, -0.25) is 9.59 Å². The summed E-state index contributed by atoms with van der Waals surface area (Å²) in [6, 6.07) is 10.4. The van der Waals surface area contributed by atoms with Crippen LogP contribution in [0.4, 0.5) is 0 Å². The monoisotopic (exact) mass is 410 g/mol. The van der Waals surface area contributed by atoms with E-state index in [4.69, 9.17) is 0 Å². The molecule has 5 heteroatoms. The number of amides is 2. The number of rotatable bonds is 5. The number of aryl methyl sites for hydroxylation is 1. The lowest BCUT2D eigenvalue weighted by molar-refractivity contribution is -0.143. The van der Waals surface area contributed by atoms with Gasteiger partial charge in [0.2, 0.25) is 11.8 Å². The first-order chi connectivity index (χ1) is 14.1. The Kier molecular flexibility index (Phi) is 6.04. The Balaban J connectivity index is 1.59. The Hall–Kier alpha value is -2.14. The first-order valence-corrected chi connectivity index (χ1v) is 11.7. The van der Waals surface area contributed by atoms with Gasteiger partial charge in [-0.25, -0.2) is 0 Å². The van der Waals surface area contributed by atoms with E-state index in [1.54, 1.807) is 16.2 Å². The van der Waals surface area contributed by atoms with Gasteiger partial charge in [-0.2, -0.15) is 0 Å². The minimum atomic E-state index is -0.0565. The van der Waals surface area contributed by atoms with Crippen molar-refractivity contribution in [3.8, 4) is 0 Å². The summed E-state index contributed by atoms with van der Waals surface area (Å²) in [7, 11) is 0. The lowest BCUT2D eigenvalue weighted by Crippen LogP contribution is -2.47. The summed E-state index contributed by atoms with van der Waals surface area (Å²) >= 11 is 1.78. The number of benzene rings is 1. The predicted octanol–water partition coefficient (Wildman–Crippen LogP) is 4.57. The molecule has 0 radical (unpaired) electrons. The molecule has 154 valence electrons. The second kappa shape index (κ2) is 8.70. The molecule has 1 aliphatic heterocycles. The number of hydrogen-bond donors (Lipinski definition) is 0. The molecular formula is C24H30N2O2S. The van der Waals surface area contributed by atoms with E-state index in [0.717, 1.165) is 32.1 Å². The summed E-state index contributed by atoms with van der Waals surface area (Å²) in [4.78, 5) is 31.5. The third kappa shape index (κ3) is 3.97. The average molecular weight is 411 g/mol. The van der Waals surface area contributed by atoms with E-state index in [2.05, 4.69) is 30.5 Å². The summed E-state index contributed by atoms with van der Waals surface area (Å²) in [5.74, 6) is 0.335. The SMILES string of the molecule is CCN(CC(=O)N1CCc2sccc2[C@@H]1c1ccccc1C)C(=O)C1CCCC1. The predicted molar refractivity (Wildman–Crippen MR) is 117 cm³/mol. The van der Waals surface area contributed by atoms with E-state index in [1.165, 1.54) is 21.6 Å². The molecule has 2 aromatic rings. The number of fused-ring (bicyclic) bond motifs is 1. The molecule has 1 fully saturated rings. The molecule has 2 amide bonds. The second-order valence-corrected chi connectivity index (χ2v) is 9.23. The maximum absolute atomic E-state index is 13.4. The fourth-order valence-electron chi connectivity index (χ4n) is 4.84. The van der Waals surface area contributed by atoms with Gasteiger partial charge in [-0.05, 0) is 61.2 Å². The second-order valence-electron chi connectivity index (χ2n) is 8.23.